The Hall–Kier alpha value is -1.27. The zero-order valence-corrected chi connectivity index (χ0v) is 9.58. The minimum absolute atomic E-state index is 0.729. The summed E-state index contributed by atoms with van der Waals surface area (Å²) in [6, 6.07) is 0. The van der Waals surface area contributed by atoms with Gasteiger partial charge in [0.25, 0.3) is 0 Å². The first-order valence-corrected chi connectivity index (χ1v) is 5.59. The number of rotatable bonds is 4. The molecule has 1 N–H and O–H groups in total. The average Bonchev–Trinajstić information content (AvgIpc) is 2.76. The Morgan fingerprint density at radius 1 is 1.47 bits per heavy atom. The molecule has 80 valence electrons. The van der Waals surface area contributed by atoms with Crippen molar-refractivity contribution in [2.45, 2.75) is 20.0 Å². The Morgan fingerprint density at radius 3 is 2.93 bits per heavy atom. The van der Waals surface area contributed by atoms with Crippen molar-refractivity contribution in [1.29, 1.82) is 0 Å². The van der Waals surface area contributed by atoms with Gasteiger partial charge in [-0.15, -0.1) is 16.4 Å². The van der Waals surface area contributed by atoms with Gasteiger partial charge in [-0.1, -0.05) is 5.21 Å². The summed E-state index contributed by atoms with van der Waals surface area (Å²) < 4.78 is 1.70. The van der Waals surface area contributed by atoms with Gasteiger partial charge in [0.15, 0.2) is 0 Å². The van der Waals surface area contributed by atoms with Crippen LogP contribution in [0.25, 0.3) is 0 Å². The highest BCUT2D eigenvalue weighted by atomic mass is 32.1. The molecule has 0 spiro atoms. The highest BCUT2D eigenvalue weighted by Crippen LogP contribution is 2.07. The standard InChI is InChI=1S/C9H13N5S/c1-7-6-15-9(11-7)4-10-3-8-5-14(2)13-12-8/h5-6,10H,3-4H2,1-2H3. The summed E-state index contributed by atoms with van der Waals surface area (Å²) in [6.45, 7) is 3.52. The summed E-state index contributed by atoms with van der Waals surface area (Å²) in [5, 5.41) is 14.3. The largest absolute Gasteiger partial charge is 0.305 e. The number of thiazole rings is 1. The molecule has 2 heterocycles. The fourth-order valence-corrected chi connectivity index (χ4v) is 2.00. The van der Waals surface area contributed by atoms with Crippen molar-refractivity contribution in [3.63, 3.8) is 0 Å². The van der Waals surface area contributed by atoms with E-state index in [-0.39, 0.29) is 0 Å². The van der Waals surface area contributed by atoms with Gasteiger partial charge in [0.2, 0.25) is 0 Å². The number of aryl methyl sites for hydroxylation is 2. The molecule has 0 aliphatic carbocycles. The number of nitrogens with one attached hydrogen (secondary N) is 1. The summed E-state index contributed by atoms with van der Waals surface area (Å²) in [5.41, 5.74) is 2.03. The minimum atomic E-state index is 0.729. The lowest BCUT2D eigenvalue weighted by molar-refractivity contribution is 0.670. The summed E-state index contributed by atoms with van der Waals surface area (Å²) in [5.74, 6) is 0. The molecule has 2 rings (SSSR count). The molecule has 5 nitrogen and oxygen atoms in total. The molecule has 0 unspecified atom stereocenters. The van der Waals surface area contributed by atoms with Crippen LogP contribution in [-0.4, -0.2) is 20.0 Å². The lowest BCUT2D eigenvalue weighted by Crippen LogP contribution is -2.12. The summed E-state index contributed by atoms with van der Waals surface area (Å²) in [6.07, 6.45) is 1.90. The van der Waals surface area contributed by atoms with E-state index in [1.165, 1.54) is 0 Å². The van der Waals surface area contributed by atoms with Crippen LogP contribution in [0.15, 0.2) is 11.6 Å². The number of nitrogens with zero attached hydrogens (tertiary/aromatic N) is 4. The fourth-order valence-electron chi connectivity index (χ4n) is 1.26. The van der Waals surface area contributed by atoms with Gasteiger partial charge in [0.1, 0.15) is 5.01 Å². The lowest BCUT2D eigenvalue weighted by Gasteiger charge is -1.97. The Morgan fingerprint density at radius 2 is 2.33 bits per heavy atom. The molecule has 0 bridgehead atoms. The van der Waals surface area contributed by atoms with E-state index < -0.39 is 0 Å². The van der Waals surface area contributed by atoms with Crippen LogP contribution in [0.2, 0.25) is 0 Å². The van der Waals surface area contributed by atoms with Gasteiger partial charge in [0, 0.05) is 37.4 Å². The van der Waals surface area contributed by atoms with E-state index in [9.17, 15) is 0 Å². The maximum Gasteiger partial charge on any atom is 0.107 e. The van der Waals surface area contributed by atoms with Crippen LogP contribution in [0.4, 0.5) is 0 Å². The van der Waals surface area contributed by atoms with E-state index in [4.69, 9.17) is 0 Å². The molecule has 2 aromatic heterocycles. The van der Waals surface area contributed by atoms with Gasteiger partial charge in [-0.3, -0.25) is 4.68 Å². The molecular weight excluding hydrogens is 210 g/mol. The first kappa shape index (κ1) is 10.3. The molecule has 0 radical (unpaired) electrons. The topological polar surface area (TPSA) is 55.6 Å². The molecule has 0 aliphatic heterocycles. The lowest BCUT2D eigenvalue weighted by atomic mass is 10.4. The molecule has 0 atom stereocenters. The number of hydrogen-bond donors (Lipinski definition) is 1. The minimum Gasteiger partial charge on any atom is -0.305 e. The van der Waals surface area contributed by atoms with Crippen LogP contribution < -0.4 is 5.32 Å². The molecule has 0 aliphatic rings. The molecule has 0 saturated heterocycles. The van der Waals surface area contributed by atoms with E-state index in [1.807, 2.05) is 20.2 Å². The van der Waals surface area contributed by atoms with Crippen LogP contribution >= 0.6 is 11.3 Å². The molecule has 6 heteroatoms. The predicted molar refractivity (Wildman–Crippen MR) is 58.4 cm³/mol. The Kier molecular flexibility index (Phi) is 3.08. The van der Waals surface area contributed by atoms with Crippen molar-refractivity contribution < 1.29 is 0 Å². The molecule has 15 heavy (non-hydrogen) atoms. The van der Waals surface area contributed by atoms with Gasteiger partial charge in [-0.2, -0.15) is 0 Å². The SMILES string of the molecule is Cc1csc(CNCc2cn(C)nn2)n1. The summed E-state index contributed by atoms with van der Waals surface area (Å²) in [7, 11) is 1.86. The molecule has 0 fully saturated rings. The third-order valence-corrected chi connectivity index (χ3v) is 2.87. The Balaban J connectivity index is 1.80. The fraction of sp³-hybridized carbons (Fsp3) is 0.444. The first-order chi connectivity index (χ1) is 7.24. The van der Waals surface area contributed by atoms with Gasteiger partial charge >= 0.3 is 0 Å². The van der Waals surface area contributed by atoms with Crippen molar-refractivity contribution in [3.8, 4) is 0 Å². The number of aromatic nitrogens is 4. The highest BCUT2D eigenvalue weighted by molar-refractivity contribution is 7.09. The van der Waals surface area contributed by atoms with Gasteiger partial charge in [-0.05, 0) is 6.92 Å². The molecule has 2 aromatic rings. The normalized spacial score (nSPS) is 10.8. The van der Waals surface area contributed by atoms with Crippen LogP contribution in [-0.2, 0) is 20.1 Å². The maximum atomic E-state index is 4.36. The predicted octanol–water partition coefficient (Wildman–Crippen LogP) is 0.870. The first-order valence-electron chi connectivity index (χ1n) is 4.71. The third-order valence-electron chi connectivity index (χ3n) is 1.90. The second-order valence-electron chi connectivity index (χ2n) is 3.37. The van der Waals surface area contributed by atoms with E-state index in [2.05, 4.69) is 26.0 Å². The van der Waals surface area contributed by atoms with Crippen molar-refractivity contribution >= 4 is 11.3 Å². The van der Waals surface area contributed by atoms with Crippen LogP contribution in [0, 0.1) is 6.92 Å². The quantitative estimate of drug-likeness (QED) is 0.835. The zero-order chi connectivity index (χ0) is 10.7. The molecule has 0 amide bonds. The second kappa shape index (κ2) is 4.50. The van der Waals surface area contributed by atoms with Gasteiger partial charge in [-0.25, -0.2) is 4.98 Å². The van der Waals surface area contributed by atoms with E-state index in [0.29, 0.717) is 0 Å². The number of hydrogen-bond acceptors (Lipinski definition) is 5. The van der Waals surface area contributed by atoms with Crippen LogP contribution in [0.1, 0.15) is 16.4 Å². The molecular formula is C9H13N5S. The van der Waals surface area contributed by atoms with Crippen molar-refractivity contribution in [2.75, 3.05) is 0 Å². The monoisotopic (exact) mass is 223 g/mol. The average molecular weight is 223 g/mol. The molecule has 0 aromatic carbocycles. The Labute approximate surface area is 92.2 Å². The van der Waals surface area contributed by atoms with Crippen molar-refractivity contribution in [2.24, 2.45) is 7.05 Å². The van der Waals surface area contributed by atoms with Crippen LogP contribution in [0.3, 0.4) is 0 Å². The maximum absolute atomic E-state index is 4.36. The third kappa shape index (κ3) is 2.84. The molecule has 0 saturated carbocycles. The van der Waals surface area contributed by atoms with Crippen molar-refractivity contribution in [1.82, 2.24) is 25.3 Å². The van der Waals surface area contributed by atoms with E-state index in [1.54, 1.807) is 16.0 Å². The second-order valence-corrected chi connectivity index (χ2v) is 4.31. The smallest absolute Gasteiger partial charge is 0.107 e. The van der Waals surface area contributed by atoms with Gasteiger partial charge < -0.3 is 5.32 Å². The summed E-state index contributed by atoms with van der Waals surface area (Å²) >= 11 is 1.68. The van der Waals surface area contributed by atoms with E-state index >= 15 is 0 Å². The van der Waals surface area contributed by atoms with Crippen molar-refractivity contribution in [3.05, 3.63) is 28.0 Å². The van der Waals surface area contributed by atoms with E-state index in [0.717, 1.165) is 29.5 Å². The Bertz CT molecular complexity index is 393. The zero-order valence-electron chi connectivity index (χ0n) is 8.77. The van der Waals surface area contributed by atoms with Crippen LogP contribution in [0.5, 0.6) is 0 Å². The van der Waals surface area contributed by atoms with Gasteiger partial charge in [0.05, 0.1) is 5.69 Å². The summed E-state index contributed by atoms with van der Waals surface area (Å²) in [4.78, 5) is 4.36. The highest BCUT2D eigenvalue weighted by Gasteiger charge is 2.00.